The highest BCUT2D eigenvalue weighted by atomic mass is 32.2. The first kappa shape index (κ1) is 12.6. The number of rotatable bonds is 3. The number of nitrogens with zero attached hydrogens (tertiary/aromatic N) is 2. The second kappa shape index (κ2) is 5.18. The van der Waals surface area contributed by atoms with Gasteiger partial charge in [-0.1, -0.05) is 12.1 Å². The standard InChI is InChI=1S/C13H12N2O2S/c1-8-7-14-12(15-11(8)13(16)17)9-3-5-10(18-2)6-4-9/h3-7H,1-2H3,(H,16,17). The van der Waals surface area contributed by atoms with Gasteiger partial charge >= 0.3 is 5.97 Å². The van der Waals surface area contributed by atoms with Gasteiger partial charge in [0.25, 0.3) is 0 Å². The van der Waals surface area contributed by atoms with Crippen molar-refractivity contribution in [1.29, 1.82) is 0 Å². The summed E-state index contributed by atoms with van der Waals surface area (Å²) in [6.45, 7) is 1.68. The second-order valence-electron chi connectivity index (χ2n) is 3.76. The van der Waals surface area contributed by atoms with Gasteiger partial charge in [0.2, 0.25) is 0 Å². The Morgan fingerprint density at radius 2 is 1.94 bits per heavy atom. The molecule has 0 saturated heterocycles. The fourth-order valence-corrected chi connectivity index (χ4v) is 1.95. The molecule has 0 bridgehead atoms. The van der Waals surface area contributed by atoms with Gasteiger partial charge < -0.3 is 5.11 Å². The number of benzene rings is 1. The van der Waals surface area contributed by atoms with E-state index in [1.165, 1.54) is 6.20 Å². The summed E-state index contributed by atoms with van der Waals surface area (Å²) in [5.41, 5.74) is 1.43. The Morgan fingerprint density at radius 3 is 2.50 bits per heavy atom. The fraction of sp³-hybridized carbons (Fsp3) is 0.154. The lowest BCUT2D eigenvalue weighted by Gasteiger charge is -2.04. The van der Waals surface area contributed by atoms with E-state index in [4.69, 9.17) is 5.11 Å². The second-order valence-corrected chi connectivity index (χ2v) is 4.64. The van der Waals surface area contributed by atoms with Crippen molar-refractivity contribution >= 4 is 17.7 Å². The van der Waals surface area contributed by atoms with E-state index >= 15 is 0 Å². The van der Waals surface area contributed by atoms with Crippen LogP contribution in [0, 0.1) is 6.92 Å². The molecule has 0 aliphatic rings. The summed E-state index contributed by atoms with van der Waals surface area (Å²) >= 11 is 1.65. The predicted octanol–water partition coefficient (Wildman–Crippen LogP) is 2.87. The van der Waals surface area contributed by atoms with E-state index in [-0.39, 0.29) is 5.69 Å². The highest BCUT2D eigenvalue weighted by Gasteiger charge is 2.11. The highest BCUT2D eigenvalue weighted by molar-refractivity contribution is 7.98. The number of carboxylic acids is 1. The number of aromatic nitrogens is 2. The van der Waals surface area contributed by atoms with E-state index in [9.17, 15) is 4.79 Å². The summed E-state index contributed by atoms with van der Waals surface area (Å²) in [7, 11) is 0. The number of carbonyl (C=O) groups is 1. The van der Waals surface area contributed by atoms with Crippen molar-refractivity contribution in [3.8, 4) is 11.4 Å². The van der Waals surface area contributed by atoms with Crippen molar-refractivity contribution in [2.45, 2.75) is 11.8 Å². The van der Waals surface area contributed by atoms with E-state index in [2.05, 4.69) is 9.97 Å². The maximum Gasteiger partial charge on any atom is 0.354 e. The number of thioether (sulfide) groups is 1. The molecule has 4 nitrogen and oxygen atoms in total. The molecule has 0 amide bonds. The molecule has 92 valence electrons. The molecule has 1 N–H and O–H groups in total. The number of aryl methyl sites for hydroxylation is 1. The Balaban J connectivity index is 2.44. The number of carboxylic acid groups (broad SMARTS) is 1. The molecule has 0 radical (unpaired) electrons. The molecule has 1 heterocycles. The first-order valence-electron chi connectivity index (χ1n) is 5.33. The minimum Gasteiger partial charge on any atom is -0.477 e. The molecular weight excluding hydrogens is 248 g/mol. The Hall–Kier alpha value is -1.88. The lowest BCUT2D eigenvalue weighted by atomic mass is 10.2. The summed E-state index contributed by atoms with van der Waals surface area (Å²) in [6.07, 6.45) is 3.54. The smallest absolute Gasteiger partial charge is 0.354 e. The van der Waals surface area contributed by atoms with Crippen molar-refractivity contribution in [1.82, 2.24) is 9.97 Å². The summed E-state index contributed by atoms with van der Waals surface area (Å²) in [4.78, 5) is 20.4. The molecule has 0 unspecified atom stereocenters. The third kappa shape index (κ3) is 2.51. The topological polar surface area (TPSA) is 63.1 Å². The average molecular weight is 260 g/mol. The summed E-state index contributed by atoms with van der Waals surface area (Å²) in [6, 6.07) is 7.71. The van der Waals surface area contributed by atoms with E-state index in [0.717, 1.165) is 10.5 Å². The van der Waals surface area contributed by atoms with Crippen LogP contribution in [-0.4, -0.2) is 27.3 Å². The van der Waals surface area contributed by atoms with Gasteiger partial charge in [-0.2, -0.15) is 0 Å². The minimum atomic E-state index is -1.03. The third-order valence-corrected chi connectivity index (χ3v) is 3.27. The summed E-state index contributed by atoms with van der Waals surface area (Å²) in [5, 5.41) is 9.03. The van der Waals surface area contributed by atoms with E-state index < -0.39 is 5.97 Å². The average Bonchev–Trinajstić information content (AvgIpc) is 2.39. The Kier molecular flexibility index (Phi) is 3.62. The molecule has 1 aromatic heterocycles. The number of hydrogen-bond acceptors (Lipinski definition) is 4. The van der Waals surface area contributed by atoms with Crippen LogP contribution in [0.1, 0.15) is 16.1 Å². The minimum absolute atomic E-state index is 0.0499. The molecule has 0 aliphatic carbocycles. The molecule has 1 aromatic carbocycles. The van der Waals surface area contributed by atoms with Gasteiger partial charge in [0.15, 0.2) is 11.5 Å². The first-order chi connectivity index (χ1) is 8.61. The van der Waals surface area contributed by atoms with Crippen LogP contribution in [0.2, 0.25) is 0 Å². The first-order valence-corrected chi connectivity index (χ1v) is 6.55. The Morgan fingerprint density at radius 1 is 1.28 bits per heavy atom. The van der Waals surface area contributed by atoms with Crippen LogP contribution in [0.25, 0.3) is 11.4 Å². The Labute approximate surface area is 109 Å². The highest BCUT2D eigenvalue weighted by Crippen LogP contribution is 2.21. The van der Waals surface area contributed by atoms with Gasteiger partial charge in [0, 0.05) is 22.2 Å². The predicted molar refractivity (Wildman–Crippen MR) is 70.9 cm³/mol. The third-order valence-electron chi connectivity index (χ3n) is 2.52. The van der Waals surface area contributed by atoms with E-state index in [1.54, 1.807) is 18.7 Å². The van der Waals surface area contributed by atoms with E-state index in [1.807, 2.05) is 30.5 Å². The molecule has 0 fully saturated rings. The largest absolute Gasteiger partial charge is 0.477 e. The van der Waals surface area contributed by atoms with Gasteiger partial charge in [-0.15, -0.1) is 11.8 Å². The van der Waals surface area contributed by atoms with Crippen LogP contribution in [-0.2, 0) is 0 Å². The normalized spacial score (nSPS) is 10.3. The Bertz CT molecular complexity index is 582. The van der Waals surface area contributed by atoms with Crippen LogP contribution in [0.3, 0.4) is 0 Å². The zero-order valence-corrected chi connectivity index (χ0v) is 10.9. The van der Waals surface area contributed by atoms with Crippen molar-refractivity contribution in [3.05, 3.63) is 41.7 Å². The van der Waals surface area contributed by atoms with Gasteiger partial charge in [0.1, 0.15) is 0 Å². The molecule has 18 heavy (non-hydrogen) atoms. The molecule has 5 heteroatoms. The van der Waals surface area contributed by atoms with E-state index in [0.29, 0.717) is 11.4 Å². The zero-order valence-electron chi connectivity index (χ0n) is 10.0. The van der Waals surface area contributed by atoms with Crippen molar-refractivity contribution in [2.24, 2.45) is 0 Å². The lowest BCUT2D eigenvalue weighted by molar-refractivity contribution is 0.0689. The van der Waals surface area contributed by atoms with Crippen LogP contribution in [0.15, 0.2) is 35.4 Å². The van der Waals surface area contributed by atoms with Crippen LogP contribution in [0.5, 0.6) is 0 Å². The zero-order chi connectivity index (χ0) is 13.1. The molecular formula is C13H12N2O2S. The molecule has 0 saturated carbocycles. The van der Waals surface area contributed by atoms with Crippen LogP contribution in [0.4, 0.5) is 0 Å². The van der Waals surface area contributed by atoms with Gasteiger partial charge in [0.05, 0.1) is 0 Å². The molecule has 0 atom stereocenters. The number of hydrogen-bond donors (Lipinski definition) is 1. The van der Waals surface area contributed by atoms with Crippen LogP contribution >= 0.6 is 11.8 Å². The molecule has 0 spiro atoms. The maximum atomic E-state index is 11.0. The van der Waals surface area contributed by atoms with Crippen molar-refractivity contribution < 1.29 is 9.90 Å². The van der Waals surface area contributed by atoms with Crippen LogP contribution < -0.4 is 0 Å². The van der Waals surface area contributed by atoms with Crippen molar-refractivity contribution in [3.63, 3.8) is 0 Å². The SMILES string of the molecule is CSc1ccc(-c2ncc(C)c(C(=O)O)n2)cc1. The lowest BCUT2D eigenvalue weighted by Crippen LogP contribution is -2.05. The summed E-state index contributed by atoms with van der Waals surface area (Å²) in [5.74, 6) is -0.595. The molecule has 2 aromatic rings. The van der Waals surface area contributed by atoms with Gasteiger partial charge in [-0.25, -0.2) is 14.8 Å². The maximum absolute atomic E-state index is 11.0. The quantitative estimate of drug-likeness (QED) is 0.860. The summed E-state index contributed by atoms with van der Waals surface area (Å²) < 4.78 is 0. The van der Waals surface area contributed by atoms with Gasteiger partial charge in [-0.05, 0) is 25.3 Å². The monoisotopic (exact) mass is 260 g/mol. The fourth-order valence-electron chi connectivity index (χ4n) is 1.54. The molecule has 0 aliphatic heterocycles. The number of aromatic carboxylic acids is 1. The molecule has 2 rings (SSSR count). The van der Waals surface area contributed by atoms with Gasteiger partial charge in [-0.3, -0.25) is 0 Å². The van der Waals surface area contributed by atoms with Crippen molar-refractivity contribution in [2.75, 3.05) is 6.26 Å².